The van der Waals surface area contributed by atoms with Gasteiger partial charge in [0.15, 0.2) is 0 Å². The molecule has 0 radical (unpaired) electrons. The Morgan fingerprint density at radius 1 is 0.439 bits per heavy atom. The number of esters is 1. The highest BCUT2D eigenvalue weighted by Gasteiger charge is 2.24. The molecule has 0 aliphatic carbocycles. The number of aliphatic hydroxyl groups is 2. The largest absolute Gasteiger partial charge is 0.462 e. The summed E-state index contributed by atoms with van der Waals surface area (Å²) in [6.07, 6.45) is 63.8. The van der Waals surface area contributed by atoms with E-state index in [4.69, 9.17) is 4.74 Å². The summed E-state index contributed by atoms with van der Waals surface area (Å²) < 4.78 is 5.96. The van der Waals surface area contributed by atoms with E-state index in [0.29, 0.717) is 19.3 Å². The maximum Gasteiger partial charge on any atom is 0.306 e. The number of rotatable bonds is 54. The molecule has 0 rings (SSSR count). The van der Waals surface area contributed by atoms with E-state index in [0.717, 1.165) is 51.4 Å². The van der Waals surface area contributed by atoms with E-state index in [1.807, 2.05) is 0 Å². The van der Waals surface area contributed by atoms with Gasteiger partial charge in [0.05, 0.1) is 25.2 Å². The maximum atomic E-state index is 13.3. The molecule has 0 aromatic carbocycles. The van der Waals surface area contributed by atoms with Gasteiger partial charge in [-0.25, -0.2) is 0 Å². The molecule has 66 heavy (non-hydrogen) atoms. The minimum absolute atomic E-state index is 0.0776. The van der Waals surface area contributed by atoms with Gasteiger partial charge in [0.1, 0.15) is 6.10 Å². The molecule has 1 amide bonds. The summed E-state index contributed by atoms with van der Waals surface area (Å²) in [6, 6.07) is -0.701. The van der Waals surface area contributed by atoms with Crippen LogP contribution in [-0.4, -0.2) is 46.9 Å². The second-order valence-corrected chi connectivity index (χ2v) is 20.4. The summed E-state index contributed by atoms with van der Waals surface area (Å²) in [5.41, 5.74) is 0. The summed E-state index contributed by atoms with van der Waals surface area (Å²) in [7, 11) is 0. The molecule has 3 atom stereocenters. The third kappa shape index (κ3) is 48.8. The smallest absolute Gasteiger partial charge is 0.306 e. The fourth-order valence-electron chi connectivity index (χ4n) is 9.31. The van der Waals surface area contributed by atoms with Gasteiger partial charge in [-0.15, -0.1) is 0 Å². The lowest BCUT2D eigenvalue weighted by molar-refractivity contribution is -0.151. The highest BCUT2D eigenvalue weighted by molar-refractivity contribution is 5.77. The van der Waals surface area contributed by atoms with Crippen LogP contribution in [0.4, 0.5) is 0 Å². The number of aliphatic hydroxyl groups excluding tert-OH is 2. The van der Waals surface area contributed by atoms with E-state index in [9.17, 15) is 19.8 Å². The zero-order valence-corrected chi connectivity index (χ0v) is 44.6. The molecule has 0 bridgehead atoms. The molecular formula is C60H115NO5. The molecular weight excluding hydrogens is 815 g/mol. The second-order valence-electron chi connectivity index (χ2n) is 20.4. The van der Waals surface area contributed by atoms with E-state index in [1.54, 1.807) is 0 Å². The number of carbonyl (C=O) groups excluding carboxylic acids is 2. The van der Waals surface area contributed by atoms with Gasteiger partial charge in [0, 0.05) is 6.42 Å². The van der Waals surface area contributed by atoms with Gasteiger partial charge in [0.25, 0.3) is 0 Å². The fourth-order valence-corrected chi connectivity index (χ4v) is 9.31. The number of unbranched alkanes of at least 4 members (excludes halogenated alkanes) is 39. The number of ether oxygens (including phenoxy) is 1. The normalized spacial score (nSPS) is 13.2. The van der Waals surface area contributed by atoms with Crippen LogP contribution in [-0.2, 0) is 14.3 Å². The lowest BCUT2D eigenvalue weighted by atomic mass is 10.0. The van der Waals surface area contributed by atoms with E-state index in [1.165, 1.54) is 225 Å². The summed E-state index contributed by atoms with van der Waals surface area (Å²) in [5.74, 6) is -0.471. The Hall–Kier alpha value is -1.66. The van der Waals surface area contributed by atoms with Crippen molar-refractivity contribution < 1.29 is 24.5 Å². The van der Waals surface area contributed by atoms with Crippen molar-refractivity contribution in [1.29, 1.82) is 0 Å². The van der Waals surface area contributed by atoms with Gasteiger partial charge in [-0.3, -0.25) is 9.59 Å². The minimum Gasteiger partial charge on any atom is -0.462 e. The summed E-state index contributed by atoms with van der Waals surface area (Å²) in [5, 5.41) is 23.9. The van der Waals surface area contributed by atoms with Crippen molar-refractivity contribution in [3.63, 3.8) is 0 Å². The first-order valence-electron chi connectivity index (χ1n) is 29.6. The van der Waals surface area contributed by atoms with Crippen LogP contribution in [0.25, 0.3) is 0 Å². The van der Waals surface area contributed by atoms with E-state index < -0.39 is 18.2 Å². The predicted octanol–water partition coefficient (Wildman–Crippen LogP) is 18.2. The van der Waals surface area contributed by atoms with Crippen molar-refractivity contribution in [2.75, 3.05) is 6.61 Å². The first-order valence-corrected chi connectivity index (χ1v) is 29.6. The Balaban J connectivity index is 4.52. The molecule has 3 unspecified atom stereocenters. The van der Waals surface area contributed by atoms with Crippen LogP contribution >= 0.6 is 0 Å². The van der Waals surface area contributed by atoms with Crippen molar-refractivity contribution in [3.8, 4) is 0 Å². The molecule has 0 heterocycles. The number of hydrogen-bond donors (Lipinski definition) is 3. The summed E-state index contributed by atoms with van der Waals surface area (Å²) >= 11 is 0. The van der Waals surface area contributed by atoms with Crippen LogP contribution in [0.5, 0.6) is 0 Å². The number of carbonyl (C=O) groups is 2. The third-order valence-electron chi connectivity index (χ3n) is 13.8. The van der Waals surface area contributed by atoms with Crippen LogP contribution in [0.15, 0.2) is 24.3 Å². The molecule has 6 heteroatoms. The van der Waals surface area contributed by atoms with Gasteiger partial charge < -0.3 is 20.3 Å². The molecule has 0 fully saturated rings. The monoisotopic (exact) mass is 930 g/mol. The van der Waals surface area contributed by atoms with E-state index >= 15 is 0 Å². The van der Waals surface area contributed by atoms with Gasteiger partial charge in [-0.1, -0.05) is 283 Å². The quantitative estimate of drug-likeness (QED) is 0.0321. The number of nitrogens with one attached hydrogen (secondary N) is 1. The average molecular weight is 931 g/mol. The molecule has 0 aromatic heterocycles. The van der Waals surface area contributed by atoms with Crippen LogP contribution < -0.4 is 5.32 Å². The number of allylic oxidation sites excluding steroid dienone is 4. The fraction of sp³-hybridized carbons (Fsp3) is 0.900. The van der Waals surface area contributed by atoms with Crippen LogP contribution in [0.3, 0.4) is 0 Å². The Kier molecular flexibility index (Phi) is 52.9. The molecule has 6 nitrogen and oxygen atoms in total. The zero-order chi connectivity index (χ0) is 48.1. The van der Waals surface area contributed by atoms with Gasteiger partial charge >= 0.3 is 5.97 Å². The van der Waals surface area contributed by atoms with Crippen molar-refractivity contribution in [2.45, 2.75) is 341 Å². The van der Waals surface area contributed by atoms with Crippen LogP contribution in [0.1, 0.15) is 323 Å². The molecule has 0 saturated heterocycles. The standard InChI is InChI=1S/C60H115NO5/c1-4-7-10-13-16-19-22-25-28-29-30-32-35-38-41-44-47-50-53-60(65)66-56(51-48-45-42-39-36-33-27-24-21-18-15-12-9-6-3)54-59(64)61-57(55-62)58(63)52-49-46-43-40-37-34-31-26-23-20-17-14-11-8-5-2/h28-30,32,56-58,62-63H,4-27,31,33-55H2,1-3H3,(H,61,64)/b29-28+,32-30+. The minimum atomic E-state index is -0.787. The number of hydrogen-bond acceptors (Lipinski definition) is 5. The van der Waals surface area contributed by atoms with Crippen molar-refractivity contribution in [2.24, 2.45) is 0 Å². The highest BCUT2D eigenvalue weighted by Crippen LogP contribution is 2.19. The lowest BCUT2D eigenvalue weighted by Gasteiger charge is -2.24. The molecule has 0 aliphatic heterocycles. The van der Waals surface area contributed by atoms with Gasteiger partial charge in [-0.05, 0) is 51.4 Å². The Morgan fingerprint density at radius 3 is 1.12 bits per heavy atom. The topological polar surface area (TPSA) is 95.9 Å². The van der Waals surface area contributed by atoms with Crippen molar-refractivity contribution in [3.05, 3.63) is 24.3 Å². The maximum absolute atomic E-state index is 13.3. The molecule has 390 valence electrons. The van der Waals surface area contributed by atoms with E-state index in [-0.39, 0.29) is 24.9 Å². The molecule has 0 saturated carbocycles. The van der Waals surface area contributed by atoms with Gasteiger partial charge in [-0.2, -0.15) is 0 Å². The summed E-state index contributed by atoms with van der Waals surface area (Å²) in [4.78, 5) is 26.3. The van der Waals surface area contributed by atoms with Gasteiger partial charge in [0.2, 0.25) is 5.91 Å². The van der Waals surface area contributed by atoms with Crippen molar-refractivity contribution >= 4 is 11.9 Å². The Labute approximate surface area is 411 Å². The molecule has 3 N–H and O–H groups in total. The first-order chi connectivity index (χ1) is 32.5. The lowest BCUT2D eigenvalue weighted by Crippen LogP contribution is -2.46. The Morgan fingerprint density at radius 2 is 0.758 bits per heavy atom. The molecule has 0 aromatic rings. The Bertz CT molecular complexity index is 1040. The second kappa shape index (κ2) is 54.3. The predicted molar refractivity (Wildman–Crippen MR) is 287 cm³/mol. The van der Waals surface area contributed by atoms with Crippen LogP contribution in [0, 0.1) is 0 Å². The SMILES string of the molecule is CCCCCCCCC/C=C/C=C/CCCCCCCC(=O)OC(CCCCCCCCCCCCCCCC)CC(=O)NC(CO)C(O)CCCCCCCCCCCCCCCCC. The molecule has 0 spiro atoms. The van der Waals surface area contributed by atoms with Crippen LogP contribution in [0.2, 0.25) is 0 Å². The third-order valence-corrected chi connectivity index (χ3v) is 13.8. The number of amides is 1. The molecule has 0 aliphatic rings. The summed E-state index contributed by atoms with van der Waals surface area (Å²) in [6.45, 7) is 6.52. The zero-order valence-electron chi connectivity index (χ0n) is 44.6. The van der Waals surface area contributed by atoms with E-state index in [2.05, 4.69) is 50.4 Å². The average Bonchev–Trinajstić information content (AvgIpc) is 3.31. The van der Waals surface area contributed by atoms with Crippen molar-refractivity contribution in [1.82, 2.24) is 5.32 Å². The first kappa shape index (κ1) is 64.3. The highest BCUT2D eigenvalue weighted by atomic mass is 16.5.